The largest absolute Gasteiger partial charge is 0.281 e. The molecule has 3 aromatic heterocycles. The van der Waals surface area contributed by atoms with Crippen molar-refractivity contribution in [3.63, 3.8) is 0 Å². The second-order valence-electron chi connectivity index (χ2n) is 4.89. The minimum Gasteiger partial charge on any atom is -0.267 e. The van der Waals surface area contributed by atoms with E-state index in [-0.39, 0.29) is 5.91 Å². The van der Waals surface area contributed by atoms with Gasteiger partial charge >= 0.3 is 0 Å². The normalized spacial score (nSPS) is 10.8. The van der Waals surface area contributed by atoms with E-state index in [0.717, 1.165) is 17.1 Å². The third kappa shape index (κ3) is 2.24. The zero-order valence-corrected chi connectivity index (χ0v) is 12.1. The van der Waals surface area contributed by atoms with E-state index in [1.807, 2.05) is 45.0 Å². The summed E-state index contributed by atoms with van der Waals surface area (Å²) in [5.74, 6) is 0.502. The second kappa shape index (κ2) is 4.97. The molecule has 21 heavy (non-hydrogen) atoms. The van der Waals surface area contributed by atoms with E-state index < -0.39 is 0 Å². The fourth-order valence-corrected chi connectivity index (χ4v) is 2.28. The summed E-state index contributed by atoms with van der Waals surface area (Å²) in [5, 5.41) is 8.49. The maximum absolute atomic E-state index is 12.6. The lowest BCUT2D eigenvalue weighted by Crippen LogP contribution is -2.16. The van der Waals surface area contributed by atoms with Crippen LogP contribution < -0.4 is 0 Å². The molecule has 0 N–H and O–H groups in total. The molecule has 0 atom stereocenters. The van der Waals surface area contributed by atoms with Crippen molar-refractivity contribution in [1.82, 2.24) is 24.5 Å². The molecule has 0 radical (unpaired) electrons. The van der Waals surface area contributed by atoms with Crippen LogP contribution in [0.25, 0.3) is 5.82 Å². The number of hydrogen-bond donors (Lipinski definition) is 0. The van der Waals surface area contributed by atoms with Crippen molar-refractivity contribution < 1.29 is 4.79 Å². The molecule has 3 heterocycles. The van der Waals surface area contributed by atoms with Gasteiger partial charge < -0.3 is 0 Å². The Morgan fingerprint density at radius 2 is 2.00 bits per heavy atom. The molecule has 0 aliphatic carbocycles. The van der Waals surface area contributed by atoms with Crippen LogP contribution in [0.4, 0.5) is 0 Å². The maximum atomic E-state index is 12.6. The standard InChI is InChI=1S/C15H15N5O/c1-10-8-11(2)19(18-10)15(21)13-9-17-20(12(13)3)14-6-4-5-7-16-14/h4-9H,1-3H3. The first-order chi connectivity index (χ1) is 10.1. The molecule has 0 aromatic carbocycles. The average Bonchev–Trinajstić information content (AvgIpc) is 3.02. The number of aromatic nitrogens is 5. The summed E-state index contributed by atoms with van der Waals surface area (Å²) in [4.78, 5) is 16.8. The molecular formula is C15H15N5O. The fraction of sp³-hybridized carbons (Fsp3) is 0.200. The highest BCUT2D eigenvalue weighted by Gasteiger charge is 2.19. The van der Waals surface area contributed by atoms with Crippen molar-refractivity contribution in [2.24, 2.45) is 0 Å². The van der Waals surface area contributed by atoms with E-state index in [0.29, 0.717) is 11.4 Å². The van der Waals surface area contributed by atoms with E-state index in [1.165, 1.54) is 4.68 Å². The van der Waals surface area contributed by atoms with E-state index in [9.17, 15) is 4.79 Å². The van der Waals surface area contributed by atoms with Gasteiger partial charge in [0.1, 0.15) is 0 Å². The van der Waals surface area contributed by atoms with Gasteiger partial charge in [-0.3, -0.25) is 4.79 Å². The Balaban J connectivity index is 2.03. The van der Waals surface area contributed by atoms with E-state index in [4.69, 9.17) is 0 Å². The molecule has 0 unspecified atom stereocenters. The zero-order chi connectivity index (χ0) is 15.0. The molecule has 0 fully saturated rings. The average molecular weight is 281 g/mol. The predicted octanol–water partition coefficient (Wildman–Crippen LogP) is 2.08. The number of carbonyl (C=O) groups excluding carboxylic acids is 1. The Hall–Kier alpha value is -2.76. The molecule has 0 amide bonds. The summed E-state index contributed by atoms with van der Waals surface area (Å²) in [6.45, 7) is 5.57. The zero-order valence-electron chi connectivity index (χ0n) is 12.1. The quantitative estimate of drug-likeness (QED) is 0.721. The summed E-state index contributed by atoms with van der Waals surface area (Å²) in [5.41, 5.74) is 2.89. The topological polar surface area (TPSA) is 65.6 Å². The third-order valence-corrected chi connectivity index (χ3v) is 3.31. The molecule has 0 bridgehead atoms. The van der Waals surface area contributed by atoms with Gasteiger partial charge in [-0.1, -0.05) is 6.07 Å². The Morgan fingerprint density at radius 1 is 1.19 bits per heavy atom. The van der Waals surface area contributed by atoms with Gasteiger partial charge in [0.2, 0.25) is 0 Å². The van der Waals surface area contributed by atoms with Gasteiger partial charge in [-0.05, 0) is 39.0 Å². The Kier molecular flexibility index (Phi) is 3.13. The molecule has 0 saturated carbocycles. The van der Waals surface area contributed by atoms with Gasteiger partial charge in [0.15, 0.2) is 5.82 Å². The van der Waals surface area contributed by atoms with Crippen molar-refractivity contribution in [3.8, 4) is 5.82 Å². The molecule has 106 valence electrons. The van der Waals surface area contributed by atoms with Crippen LogP contribution in [0.3, 0.4) is 0 Å². The summed E-state index contributed by atoms with van der Waals surface area (Å²) in [6.07, 6.45) is 3.25. The van der Waals surface area contributed by atoms with Crippen LogP contribution in [0.5, 0.6) is 0 Å². The third-order valence-electron chi connectivity index (χ3n) is 3.31. The van der Waals surface area contributed by atoms with E-state index >= 15 is 0 Å². The van der Waals surface area contributed by atoms with Gasteiger partial charge in [-0.2, -0.15) is 10.2 Å². The van der Waals surface area contributed by atoms with Crippen LogP contribution in [0.2, 0.25) is 0 Å². The molecule has 0 aliphatic rings. The molecule has 0 spiro atoms. The minimum absolute atomic E-state index is 0.180. The summed E-state index contributed by atoms with van der Waals surface area (Å²) in [7, 11) is 0. The van der Waals surface area contributed by atoms with E-state index in [2.05, 4.69) is 15.2 Å². The van der Waals surface area contributed by atoms with Crippen molar-refractivity contribution >= 4 is 5.91 Å². The first-order valence-corrected chi connectivity index (χ1v) is 6.62. The van der Waals surface area contributed by atoms with Crippen LogP contribution in [0.1, 0.15) is 27.4 Å². The van der Waals surface area contributed by atoms with Gasteiger partial charge in [0.25, 0.3) is 5.91 Å². The number of pyridine rings is 1. The smallest absolute Gasteiger partial charge is 0.267 e. The van der Waals surface area contributed by atoms with Crippen LogP contribution in [-0.2, 0) is 0 Å². The molecule has 3 aromatic rings. The Morgan fingerprint density at radius 3 is 2.62 bits per heavy atom. The van der Waals surface area contributed by atoms with Gasteiger partial charge in [0, 0.05) is 11.9 Å². The number of nitrogens with zero attached hydrogens (tertiary/aromatic N) is 5. The lowest BCUT2D eigenvalue weighted by atomic mass is 10.2. The molecule has 6 nitrogen and oxygen atoms in total. The summed E-state index contributed by atoms with van der Waals surface area (Å²) < 4.78 is 3.06. The van der Waals surface area contributed by atoms with Crippen LogP contribution in [-0.4, -0.2) is 30.5 Å². The lowest BCUT2D eigenvalue weighted by molar-refractivity contribution is 0.0941. The van der Waals surface area contributed by atoms with Crippen LogP contribution >= 0.6 is 0 Å². The number of aryl methyl sites for hydroxylation is 2. The molecular weight excluding hydrogens is 266 g/mol. The Labute approximate surface area is 122 Å². The summed E-state index contributed by atoms with van der Waals surface area (Å²) >= 11 is 0. The first-order valence-electron chi connectivity index (χ1n) is 6.62. The van der Waals surface area contributed by atoms with Crippen LogP contribution in [0, 0.1) is 20.8 Å². The van der Waals surface area contributed by atoms with Crippen molar-refractivity contribution in [3.05, 3.63) is 59.3 Å². The number of rotatable bonds is 2. The molecule has 0 saturated heterocycles. The van der Waals surface area contributed by atoms with Gasteiger partial charge in [-0.25, -0.2) is 14.3 Å². The van der Waals surface area contributed by atoms with Gasteiger partial charge in [-0.15, -0.1) is 0 Å². The highest BCUT2D eigenvalue weighted by molar-refractivity contribution is 5.96. The molecule has 0 aliphatic heterocycles. The molecule has 3 rings (SSSR count). The second-order valence-corrected chi connectivity index (χ2v) is 4.89. The highest BCUT2D eigenvalue weighted by Crippen LogP contribution is 2.14. The number of hydrogen-bond acceptors (Lipinski definition) is 4. The van der Waals surface area contributed by atoms with Crippen molar-refractivity contribution in [2.45, 2.75) is 20.8 Å². The first kappa shape index (κ1) is 13.2. The van der Waals surface area contributed by atoms with Gasteiger partial charge in [0.05, 0.1) is 23.1 Å². The highest BCUT2D eigenvalue weighted by atomic mass is 16.2. The fourth-order valence-electron chi connectivity index (χ4n) is 2.28. The SMILES string of the molecule is Cc1cc(C)n(C(=O)c2cnn(-c3ccccn3)c2C)n1. The lowest BCUT2D eigenvalue weighted by Gasteiger charge is -2.05. The predicted molar refractivity (Wildman–Crippen MR) is 77.5 cm³/mol. The minimum atomic E-state index is -0.180. The molecule has 6 heteroatoms. The van der Waals surface area contributed by atoms with Crippen LogP contribution in [0.15, 0.2) is 36.7 Å². The summed E-state index contributed by atoms with van der Waals surface area (Å²) in [6, 6.07) is 7.43. The van der Waals surface area contributed by atoms with Crippen molar-refractivity contribution in [1.29, 1.82) is 0 Å². The monoisotopic (exact) mass is 281 g/mol. The number of carbonyl (C=O) groups is 1. The Bertz CT molecular complexity index is 801. The van der Waals surface area contributed by atoms with E-state index in [1.54, 1.807) is 17.1 Å². The van der Waals surface area contributed by atoms with Crippen molar-refractivity contribution in [2.75, 3.05) is 0 Å². The maximum Gasteiger partial charge on any atom is 0.281 e.